The average Bonchev–Trinajstić information content (AvgIpc) is 2.47. The van der Waals surface area contributed by atoms with E-state index in [9.17, 15) is 8.42 Å². The molecule has 3 N–H and O–H groups in total. The molecule has 0 bridgehead atoms. The first kappa shape index (κ1) is 14.6. The lowest BCUT2D eigenvalue weighted by Gasteiger charge is -2.09. The van der Waals surface area contributed by atoms with Crippen LogP contribution in [0.1, 0.15) is 5.56 Å². The van der Waals surface area contributed by atoms with E-state index in [2.05, 4.69) is 0 Å². The summed E-state index contributed by atoms with van der Waals surface area (Å²) in [7, 11) is -4.19. The number of anilines is 1. The van der Waals surface area contributed by atoms with Crippen molar-refractivity contribution in [2.24, 2.45) is 0 Å². The number of nitrogen functional groups attached to an aromatic ring is 1. The van der Waals surface area contributed by atoms with Crippen molar-refractivity contribution in [3.63, 3.8) is 0 Å². The van der Waals surface area contributed by atoms with E-state index in [-0.39, 0.29) is 4.90 Å². The van der Waals surface area contributed by atoms with Gasteiger partial charge >= 0.3 is 0 Å². The highest BCUT2D eigenvalue weighted by atomic mass is 32.2. The van der Waals surface area contributed by atoms with Crippen LogP contribution < -0.4 is 5.73 Å². The maximum absolute atomic E-state index is 11.2. The van der Waals surface area contributed by atoms with Gasteiger partial charge in [-0.05, 0) is 53.6 Å². The molecular weight excluding hydrogens is 298 g/mol. The van der Waals surface area contributed by atoms with E-state index in [1.165, 1.54) is 12.1 Å². The minimum Gasteiger partial charge on any atom is -0.398 e. The molecule has 0 radical (unpaired) electrons. The van der Waals surface area contributed by atoms with Crippen LogP contribution in [0.15, 0.2) is 59.5 Å². The summed E-state index contributed by atoms with van der Waals surface area (Å²) >= 11 is 0. The third-order valence-corrected chi connectivity index (χ3v) is 4.48. The Kier molecular flexibility index (Phi) is 3.39. The van der Waals surface area contributed by atoms with Gasteiger partial charge in [0.1, 0.15) is 0 Å². The van der Waals surface area contributed by atoms with Crippen molar-refractivity contribution in [2.45, 2.75) is 11.8 Å². The van der Waals surface area contributed by atoms with E-state index >= 15 is 0 Å². The minimum atomic E-state index is -4.19. The van der Waals surface area contributed by atoms with Crippen molar-refractivity contribution in [3.8, 4) is 11.1 Å². The lowest BCUT2D eigenvalue weighted by Crippen LogP contribution is -1.97. The Morgan fingerprint density at radius 2 is 1.59 bits per heavy atom. The van der Waals surface area contributed by atoms with Crippen LogP contribution in [-0.2, 0) is 10.1 Å². The third-order valence-electron chi connectivity index (χ3n) is 3.63. The summed E-state index contributed by atoms with van der Waals surface area (Å²) in [5.74, 6) is 0. The van der Waals surface area contributed by atoms with Crippen LogP contribution in [0.5, 0.6) is 0 Å². The van der Waals surface area contributed by atoms with Crippen LogP contribution >= 0.6 is 0 Å². The minimum absolute atomic E-state index is 0.109. The monoisotopic (exact) mass is 313 g/mol. The summed E-state index contributed by atoms with van der Waals surface area (Å²) in [6, 6.07) is 16.0. The topological polar surface area (TPSA) is 80.4 Å². The molecule has 112 valence electrons. The van der Waals surface area contributed by atoms with Crippen LogP contribution in [0, 0.1) is 6.92 Å². The van der Waals surface area contributed by atoms with Crippen LogP contribution in [-0.4, -0.2) is 13.0 Å². The molecule has 0 fully saturated rings. The van der Waals surface area contributed by atoms with Crippen LogP contribution in [0.25, 0.3) is 21.9 Å². The van der Waals surface area contributed by atoms with Crippen molar-refractivity contribution < 1.29 is 13.0 Å². The highest BCUT2D eigenvalue weighted by Crippen LogP contribution is 2.30. The Balaban J connectivity index is 2.17. The molecule has 0 unspecified atom stereocenters. The molecule has 5 heteroatoms. The molecule has 0 aliphatic carbocycles. The predicted octanol–water partition coefficient (Wildman–Crippen LogP) is 3.64. The molecule has 3 rings (SSSR count). The number of hydrogen-bond acceptors (Lipinski definition) is 3. The Hall–Kier alpha value is -2.37. The molecule has 4 nitrogen and oxygen atoms in total. The Morgan fingerprint density at radius 3 is 2.32 bits per heavy atom. The van der Waals surface area contributed by atoms with E-state index in [1.807, 2.05) is 43.3 Å². The number of fused-ring (bicyclic) bond motifs is 1. The molecule has 0 amide bonds. The smallest absolute Gasteiger partial charge is 0.294 e. The molecule has 0 saturated heterocycles. The van der Waals surface area contributed by atoms with E-state index in [0.717, 1.165) is 27.5 Å². The van der Waals surface area contributed by atoms with Gasteiger partial charge < -0.3 is 5.73 Å². The maximum atomic E-state index is 11.2. The van der Waals surface area contributed by atoms with Gasteiger partial charge in [0, 0.05) is 11.3 Å². The molecule has 0 spiro atoms. The average molecular weight is 313 g/mol. The van der Waals surface area contributed by atoms with Gasteiger partial charge in [-0.1, -0.05) is 29.8 Å². The van der Waals surface area contributed by atoms with E-state index < -0.39 is 10.1 Å². The van der Waals surface area contributed by atoms with Crippen LogP contribution in [0.4, 0.5) is 5.69 Å². The van der Waals surface area contributed by atoms with E-state index in [4.69, 9.17) is 10.3 Å². The number of hydrogen-bond donors (Lipinski definition) is 2. The molecule has 0 aliphatic rings. The van der Waals surface area contributed by atoms with Crippen molar-refractivity contribution in [2.75, 3.05) is 5.73 Å². The Labute approximate surface area is 129 Å². The lowest BCUT2D eigenvalue weighted by molar-refractivity contribution is 0.483. The number of rotatable bonds is 2. The Morgan fingerprint density at radius 1 is 0.909 bits per heavy atom. The van der Waals surface area contributed by atoms with Crippen molar-refractivity contribution >= 4 is 26.6 Å². The van der Waals surface area contributed by atoms with Gasteiger partial charge in [0.15, 0.2) is 0 Å². The zero-order valence-electron chi connectivity index (χ0n) is 11.9. The van der Waals surface area contributed by atoms with E-state index in [1.54, 1.807) is 6.07 Å². The molecule has 0 aliphatic heterocycles. The summed E-state index contributed by atoms with van der Waals surface area (Å²) in [4.78, 5) is -0.109. The largest absolute Gasteiger partial charge is 0.398 e. The van der Waals surface area contributed by atoms with Crippen molar-refractivity contribution in [3.05, 3.63) is 60.2 Å². The third kappa shape index (κ3) is 2.68. The summed E-state index contributed by atoms with van der Waals surface area (Å²) < 4.78 is 31.5. The molecular formula is C17H15NO3S. The fourth-order valence-corrected chi connectivity index (χ4v) is 2.99. The van der Waals surface area contributed by atoms with Crippen LogP contribution in [0.2, 0.25) is 0 Å². The van der Waals surface area contributed by atoms with Crippen molar-refractivity contribution in [1.82, 2.24) is 0 Å². The van der Waals surface area contributed by atoms with Gasteiger partial charge in [-0.25, -0.2) is 0 Å². The highest BCUT2D eigenvalue weighted by Gasteiger charge is 2.10. The van der Waals surface area contributed by atoms with Gasteiger partial charge in [0.05, 0.1) is 4.90 Å². The fourth-order valence-electron chi connectivity index (χ4n) is 2.47. The normalized spacial score (nSPS) is 11.7. The second-order valence-electron chi connectivity index (χ2n) is 5.29. The second kappa shape index (κ2) is 5.12. The summed E-state index contributed by atoms with van der Waals surface area (Å²) in [5.41, 5.74) is 9.76. The Bertz CT molecular complexity index is 978. The zero-order valence-corrected chi connectivity index (χ0v) is 12.8. The maximum Gasteiger partial charge on any atom is 0.294 e. The standard InChI is InChI=1S/C17H15NO3S/c1-11-2-7-17(18)16(8-11)14-4-3-13-10-15(22(19,20)21)6-5-12(13)9-14/h2-10H,18H2,1H3,(H,19,20,21). The first-order chi connectivity index (χ1) is 10.3. The summed E-state index contributed by atoms with van der Waals surface area (Å²) in [6.07, 6.45) is 0. The molecule has 3 aromatic rings. The first-order valence-corrected chi connectivity index (χ1v) is 8.16. The molecule has 0 atom stereocenters. The molecule has 0 aromatic heterocycles. The van der Waals surface area contributed by atoms with Gasteiger partial charge in [0.25, 0.3) is 10.1 Å². The SMILES string of the molecule is Cc1ccc(N)c(-c2ccc3cc(S(=O)(=O)O)ccc3c2)c1. The predicted molar refractivity (Wildman–Crippen MR) is 88.3 cm³/mol. The number of benzene rings is 3. The number of aryl methyl sites for hydroxylation is 1. The highest BCUT2D eigenvalue weighted by molar-refractivity contribution is 7.85. The van der Waals surface area contributed by atoms with Gasteiger partial charge in [0.2, 0.25) is 0 Å². The molecule has 22 heavy (non-hydrogen) atoms. The number of nitrogens with two attached hydrogens (primary N) is 1. The lowest BCUT2D eigenvalue weighted by atomic mass is 9.98. The van der Waals surface area contributed by atoms with E-state index in [0.29, 0.717) is 5.69 Å². The van der Waals surface area contributed by atoms with Gasteiger partial charge in [-0.2, -0.15) is 8.42 Å². The summed E-state index contributed by atoms with van der Waals surface area (Å²) in [5, 5.41) is 1.62. The molecule has 3 aromatic carbocycles. The van der Waals surface area contributed by atoms with Gasteiger partial charge in [-0.3, -0.25) is 4.55 Å². The molecule has 0 heterocycles. The molecule has 0 saturated carbocycles. The van der Waals surface area contributed by atoms with Crippen LogP contribution in [0.3, 0.4) is 0 Å². The quantitative estimate of drug-likeness (QED) is 0.559. The fraction of sp³-hybridized carbons (Fsp3) is 0.0588. The van der Waals surface area contributed by atoms with Gasteiger partial charge in [-0.15, -0.1) is 0 Å². The van der Waals surface area contributed by atoms with Crippen molar-refractivity contribution in [1.29, 1.82) is 0 Å². The first-order valence-electron chi connectivity index (χ1n) is 6.72. The summed E-state index contributed by atoms with van der Waals surface area (Å²) in [6.45, 7) is 2.00. The second-order valence-corrected chi connectivity index (χ2v) is 6.71. The zero-order chi connectivity index (χ0) is 15.9.